The monoisotopic (exact) mass is 235 g/mol. The lowest BCUT2D eigenvalue weighted by atomic mass is 10.1. The Bertz CT molecular complexity index is 355. The summed E-state index contributed by atoms with van der Waals surface area (Å²) >= 11 is 0. The van der Waals surface area contributed by atoms with Crippen LogP contribution in [0.25, 0.3) is 0 Å². The van der Waals surface area contributed by atoms with Crippen molar-refractivity contribution in [3.63, 3.8) is 0 Å². The molecule has 94 valence electrons. The Kier molecular flexibility index (Phi) is 3.57. The lowest BCUT2D eigenvalue weighted by molar-refractivity contribution is 0.220. The molecule has 1 aliphatic rings. The van der Waals surface area contributed by atoms with Crippen LogP contribution in [0.1, 0.15) is 26.7 Å². The average Bonchev–Trinajstić information content (AvgIpc) is 3.08. The van der Waals surface area contributed by atoms with Crippen molar-refractivity contribution < 1.29 is 9.84 Å². The summed E-state index contributed by atoms with van der Waals surface area (Å²) in [5.74, 6) is 0.897. The smallest absolute Gasteiger partial charge is 0.119 e. The largest absolute Gasteiger partial charge is 0.491 e. The highest BCUT2D eigenvalue weighted by molar-refractivity contribution is 5.46. The van der Waals surface area contributed by atoms with Crippen molar-refractivity contribution in [3.05, 3.63) is 24.3 Å². The van der Waals surface area contributed by atoms with E-state index in [-0.39, 0.29) is 18.1 Å². The number of hydrogen-bond donors (Lipinski definition) is 2. The van der Waals surface area contributed by atoms with Crippen molar-refractivity contribution in [2.45, 2.75) is 32.8 Å². The molecule has 0 unspecified atom stereocenters. The standard InChI is InChI=1S/C14H21NO2/c1-11(2)17-13-5-3-12(4-6-13)15-9-14(10-16)7-8-14/h3-6,11,15-16H,7-10H2,1-2H3. The van der Waals surface area contributed by atoms with Crippen LogP contribution < -0.4 is 10.1 Å². The molecule has 1 aliphatic carbocycles. The van der Waals surface area contributed by atoms with Crippen molar-refractivity contribution in [2.24, 2.45) is 5.41 Å². The van der Waals surface area contributed by atoms with Crippen molar-refractivity contribution in [3.8, 4) is 5.75 Å². The number of ether oxygens (including phenoxy) is 1. The molecule has 2 N–H and O–H groups in total. The minimum absolute atomic E-state index is 0.146. The zero-order chi connectivity index (χ0) is 12.3. The molecule has 0 spiro atoms. The summed E-state index contributed by atoms with van der Waals surface area (Å²) < 4.78 is 5.58. The lowest BCUT2D eigenvalue weighted by Gasteiger charge is -2.14. The molecule has 0 aromatic heterocycles. The Morgan fingerprint density at radius 3 is 2.41 bits per heavy atom. The molecule has 1 saturated carbocycles. The number of nitrogens with one attached hydrogen (secondary N) is 1. The van der Waals surface area contributed by atoms with Gasteiger partial charge in [0.05, 0.1) is 12.7 Å². The highest BCUT2D eigenvalue weighted by Gasteiger charge is 2.41. The average molecular weight is 235 g/mol. The second-order valence-electron chi connectivity index (χ2n) is 5.20. The highest BCUT2D eigenvalue weighted by Crippen LogP contribution is 2.44. The van der Waals surface area contributed by atoms with Gasteiger partial charge in [-0.3, -0.25) is 0 Å². The van der Waals surface area contributed by atoms with Crippen LogP contribution in [0, 0.1) is 5.41 Å². The van der Waals surface area contributed by atoms with Gasteiger partial charge >= 0.3 is 0 Å². The first-order chi connectivity index (χ1) is 8.13. The van der Waals surface area contributed by atoms with E-state index >= 15 is 0 Å². The van der Waals surface area contributed by atoms with Gasteiger partial charge in [-0.2, -0.15) is 0 Å². The zero-order valence-electron chi connectivity index (χ0n) is 10.6. The first-order valence-electron chi connectivity index (χ1n) is 6.25. The molecule has 0 aliphatic heterocycles. The van der Waals surface area contributed by atoms with Crippen LogP contribution in [0.2, 0.25) is 0 Å². The fourth-order valence-corrected chi connectivity index (χ4v) is 1.78. The molecule has 3 heteroatoms. The molecule has 1 fully saturated rings. The van der Waals surface area contributed by atoms with E-state index in [2.05, 4.69) is 5.32 Å². The van der Waals surface area contributed by atoms with E-state index in [9.17, 15) is 5.11 Å². The molecule has 0 saturated heterocycles. The number of aliphatic hydroxyl groups excluding tert-OH is 1. The number of anilines is 1. The van der Waals surface area contributed by atoms with E-state index in [1.54, 1.807) is 0 Å². The van der Waals surface area contributed by atoms with Crippen molar-refractivity contribution in [2.75, 3.05) is 18.5 Å². The molecule has 1 aromatic carbocycles. The number of rotatable bonds is 6. The molecular weight excluding hydrogens is 214 g/mol. The summed E-state index contributed by atoms with van der Waals surface area (Å²) in [5.41, 5.74) is 1.23. The van der Waals surface area contributed by atoms with Gasteiger partial charge in [0.2, 0.25) is 0 Å². The van der Waals surface area contributed by atoms with E-state index in [0.717, 1.165) is 30.8 Å². The Morgan fingerprint density at radius 1 is 1.29 bits per heavy atom. The molecule has 0 bridgehead atoms. The maximum Gasteiger partial charge on any atom is 0.119 e. The van der Waals surface area contributed by atoms with Crippen molar-refractivity contribution in [1.29, 1.82) is 0 Å². The number of aliphatic hydroxyl groups is 1. The van der Waals surface area contributed by atoms with Crippen LogP contribution in [0.15, 0.2) is 24.3 Å². The molecule has 2 rings (SSSR count). The second kappa shape index (κ2) is 4.96. The van der Waals surface area contributed by atoms with Crippen LogP contribution in [0.5, 0.6) is 5.75 Å². The van der Waals surface area contributed by atoms with Gasteiger partial charge in [-0.1, -0.05) is 0 Å². The van der Waals surface area contributed by atoms with Crippen LogP contribution >= 0.6 is 0 Å². The lowest BCUT2D eigenvalue weighted by Crippen LogP contribution is -2.18. The minimum Gasteiger partial charge on any atom is -0.491 e. The van der Waals surface area contributed by atoms with Crippen LogP contribution in [0.3, 0.4) is 0 Å². The van der Waals surface area contributed by atoms with Gasteiger partial charge in [-0.25, -0.2) is 0 Å². The minimum atomic E-state index is 0.146. The third kappa shape index (κ3) is 3.37. The van der Waals surface area contributed by atoms with Gasteiger partial charge in [0, 0.05) is 17.6 Å². The first kappa shape index (κ1) is 12.2. The topological polar surface area (TPSA) is 41.5 Å². The second-order valence-corrected chi connectivity index (χ2v) is 5.20. The fraction of sp³-hybridized carbons (Fsp3) is 0.571. The molecule has 3 nitrogen and oxygen atoms in total. The molecule has 0 atom stereocenters. The van der Waals surface area contributed by atoms with Crippen molar-refractivity contribution in [1.82, 2.24) is 0 Å². The Hall–Kier alpha value is -1.22. The van der Waals surface area contributed by atoms with Gasteiger partial charge < -0.3 is 15.2 Å². The zero-order valence-corrected chi connectivity index (χ0v) is 10.6. The summed E-state index contributed by atoms with van der Waals surface area (Å²) in [6.45, 7) is 5.18. The summed E-state index contributed by atoms with van der Waals surface area (Å²) in [7, 11) is 0. The third-order valence-electron chi connectivity index (χ3n) is 3.19. The Balaban J connectivity index is 1.85. The maximum atomic E-state index is 9.22. The van der Waals surface area contributed by atoms with Gasteiger partial charge in [0.25, 0.3) is 0 Å². The maximum absolute atomic E-state index is 9.22. The molecule has 1 aromatic rings. The quantitative estimate of drug-likeness (QED) is 0.796. The van der Waals surface area contributed by atoms with Gasteiger partial charge in [0.1, 0.15) is 5.75 Å². The molecule has 0 radical (unpaired) electrons. The fourth-order valence-electron chi connectivity index (χ4n) is 1.78. The van der Waals surface area contributed by atoms with E-state index < -0.39 is 0 Å². The van der Waals surface area contributed by atoms with E-state index in [4.69, 9.17) is 4.74 Å². The summed E-state index contributed by atoms with van der Waals surface area (Å²) in [4.78, 5) is 0. The first-order valence-corrected chi connectivity index (χ1v) is 6.25. The van der Waals surface area contributed by atoms with E-state index in [1.807, 2.05) is 38.1 Å². The normalized spacial score (nSPS) is 16.9. The third-order valence-corrected chi connectivity index (χ3v) is 3.19. The van der Waals surface area contributed by atoms with Crippen molar-refractivity contribution >= 4 is 5.69 Å². The SMILES string of the molecule is CC(C)Oc1ccc(NCC2(CO)CC2)cc1. The summed E-state index contributed by atoms with van der Waals surface area (Å²) in [6, 6.07) is 7.98. The van der Waals surface area contributed by atoms with Gasteiger partial charge in [-0.05, 0) is 51.0 Å². The summed E-state index contributed by atoms with van der Waals surface area (Å²) in [5, 5.41) is 12.6. The summed E-state index contributed by atoms with van der Waals surface area (Å²) in [6.07, 6.45) is 2.47. The van der Waals surface area contributed by atoms with Crippen LogP contribution in [0.4, 0.5) is 5.69 Å². The van der Waals surface area contributed by atoms with Crippen LogP contribution in [-0.4, -0.2) is 24.4 Å². The molecular formula is C14H21NO2. The number of benzene rings is 1. The van der Waals surface area contributed by atoms with E-state index in [0.29, 0.717) is 0 Å². The van der Waals surface area contributed by atoms with E-state index in [1.165, 1.54) is 0 Å². The predicted molar refractivity (Wildman–Crippen MR) is 69.4 cm³/mol. The Morgan fingerprint density at radius 2 is 1.94 bits per heavy atom. The molecule has 0 amide bonds. The Labute approximate surface area is 103 Å². The number of hydrogen-bond acceptors (Lipinski definition) is 3. The van der Waals surface area contributed by atoms with Gasteiger partial charge in [-0.15, -0.1) is 0 Å². The predicted octanol–water partition coefficient (Wildman–Crippen LogP) is 2.66. The molecule has 17 heavy (non-hydrogen) atoms. The molecule has 0 heterocycles. The van der Waals surface area contributed by atoms with Crippen LogP contribution in [-0.2, 0) is 0 Å². The highest BCUT2D eigenvalue weighted by atomic mass is 16.5. The van der Waals surface area contributed by atoms with Gasteiger partial charge in [0.15, 0.2) is 0 Å².